The van der Waals surface area contributed by atoms with Crippen LogP contribution in [-0.4, -0.2) is 42.0 Å². The summed E-state index contributed by atoms with van der Waals surface area (Å²) < 4.78 is 13.0. The van der Waals surface area contributed by atoms with Crippen LogP contribution in [-0.2, 0) is 4.79 Å². The summed E-state index contributed by atoms with van der Waals surface area (Å²) >= 11 is 0. The molecule has 25 heavy (non-hydrogen) atoms. The number of amides is 1. The summed E-state index contributed by atoms with van der Waals surface area (Å²) in [6, 6.07) is 7.02. The van der Waals surface area contributed by atoms with Gasteiger partial charge < -0.3 is 10.2 Å². The summed E-state index contributed by atoms with van der Waals surface area (Å²) in [6.07, 6.45) is 6.80. The van der Waals surface area contributed by atoms with E-state index in [0.717, 1.165) is 37.9 Å². The van der Waals surface area contributed by atoms with Crippen molar-refractivity contribution in [3.63, 3.8) is 0 Å². The molecule has 4 unspecified atom stereocenters. The predicted octanol–water partition coefficient (Wildman–Crippen LogP) is 2.26. The first-order valence-electron chi connectivity index (χ1n) is 9.52. The minimum absolute atomic E-state index is 0.0881. The zero-order valence-electron chi connectivity index (χ0n) is 14.5. The highest BCUT2D eigenvalue weighted by atomic mass is 19.1. The topological polar surface area (TPSA) is 56.4 Å². The number of hydrogen-bond acceptors (Lipinski definition) is 4. The summed E-state index contributed by atoms with van der Waals surface area (Å²) in [5, 5.41) is 3.44. The minimum Gasteiger partial charge on any atom is -0.381 e. The Labute approximate surface area is 148 Å². The molecule has 1 amide bonds. The second-order valence-corrected chi connectivity index (χ2v) is 7.60. The van der Waals surface area contributed by atoms with E-state index < -0.39 is 0 Å². The zero-order chi connectivity index (χ0) is 17.2. The third-order valence-electron chi connectivity index (χ3n) is 5.89. The van der Waals surface area contributed by atoms with Crippen LogP contribution >= 0.6 is 0 Å². The zero-order valence-corrected chi connectivity index (χ0v) is 14.5. The van der Waals surface area contributed by atoms with Crippen LogP contribution in [0.15, 0.2) is 24.3 Å². The number of nitrogens with one attached hydrogen (secondary N) is 3. The number of rotatable bonds is 3. The third kappa shape index (κ3) is 3.65. The molecular formula is C19H27FN4O. The molecule has 2 saturated heterocycles. The van der Waals surface area contributed by atoms with Crippen molar-refractivity contribution in [2.24, 2.45) is 5.92 Å². The van der Waals surface area contributed by atoms with Crippen LogP contribution in [0.4, 0.5) is 10.1 Å². The molecule has 1 saturated carbocycles. The van der Waals surface area contributed by atoms with E-state index in [1.54, 1.807) is 12.1 Å². The number of fused-ring (bicyclic) bond motifs is 1. The molecule has 5 nitrogen and oxygen atoms in total. The van der Waals surface area contributed by atoms with E-state index in [1.165, 1.54) is 25.0 Å². The van der Waals surface area contributed by atoms with Crippen molar-refractivity contribution in [2.75, 3.05) is 18.4 Å². The van der Waals surface area contributed by atoms with Gasteiger partial charge in [-0.25, -0.2) is 9.82 Å². The monoisotopic (exact) mass is 346 g/mol. The molecule has 2 aliphatic heterocycles. The van der Waals surface area contributed by atoms with Crippen molar-refractivity contribution in [3.8, 4) is 0 Å². The molecule has 4 atom stereocenters. The Morgan fingerprint density at radius 1 is 1.08 bits per heavy atom. The average Bonchev–Trinajstić information content (AvgIpc) is 3.07. The number of carbonyl (C=O) groups is 1. The van der Waals surface area contributed by atoms with Gasteiger partial charge in [-0.2, -0.15) is 0 Å². The maximum atomic E-state index is 13.0. The molecule has 1 aliphatic carbocycles. The van der Waals surface area contributed by atoms with Gasteiger partial charge in [-0.05, 0) is 49.9 Å². The fourth-order valence-corrected chi connectivity index (χ4v) is 4.56. The van der Waals surface area contributed by atoms with Gasteiger partial charge in [0.25, 0.3) is 0 Å². The molecule has 3 aliphatic rings. The van der Waals surface area contributed by atoms with Gasteiger partial charge in [-0.1, -0.05) is 12.8 Å². The van der Waals surface area contributed by atoms with Gasteiger partial charge in [0, 0.05) is 36.8 Å². The van der Waals surface area contributed by atoms with Crippen LogP contribution in [0, 0.1) is 11.7 Å². The number of hydrogen-bond donors (Lipinski definition) is 3. The van der Waals surface area contributed by atoms with Crippen LogP contribution in [0.2, 0.25) is 0 Å². The van der Waals surface area contributed by atoms with Gasteiger partial charge in [0.2, 0.25) is 5.91 Å². The van der Waals surface area contributed by atoms with Crippen LogP contribution < -0.4 is 16.2 Å². The molecule has 0 spiro atoms. The number of benzene rings is 1. The Kier molecular flexibility index (Phi) is 4.90. The first-order valence-corrected chi connectivity index (χ1v) is 9.52. The van der Waals surface area contributed by atoms with Gasteiger partial charge in [0.15, 0.2) is 0 Å². The first kappa shape index (κ1) is 16.8. The van der Waals surface area contributed by atoms with Gasteiger partial charge in [-0.15, -0.1) is 0 Å². The highest BCUT2D eigenvalue weighted by Crippen LogP contribution is 2.31. The molecular weight excluding hydrogens is 319 g/mol. The Bertz CT molecular complexity index is 608. The molecule has 0 bridgehead atoms. The van der Waals surface area contributed by atoms with Crippen molar-refractivity contribution in [3.05, 3.63) is 30.1 Å². The van der Waals surface area contributed by atoms with Crippen molar-refractivity contribution in [1.29, 1.82) is 0 Å². The highest BCUT2D eigenvalue weighted by molar-refractivity contribution is 5.83. The van der Waals surface area contributed by atoms with Gasteiger partial charge in [0.05, 0.1) is 0 Å². The SMILES string of the molecule is O=C(C1NNC2CCCCC21)N1CCCC(Nc2ccc(F)cc2)C1. The molecule has 136 valence electrons. The Morgan fingerprint density at radius 3 is 2.72 bits per heavy atom. The van der Waals surface area contributed by atoms with E-state index in [0.29, 0.717) is 18.5 Å². The lowest BCUT2D eigenvalue weighted by atomic mass is 9.81. The van der Waals surface area contributed by atoms with Gasteiger partial charge in [-0.3, -0.25) is 10.2 Å². The Balaban J connectivity index is 1.37. The molecule has 3 N–H and O–H groups in total. The summed E-state index contributed by atoms with van der Waals surface area (Å²) in [5.41, 5.74) is 7.51. The first-order chi connectivity index (χ1) is 12.2. The van der Waals surface area contributed by atoms with Crippen molar-refractivity contribution in [2.45, 2.75) is 56.7 Å². The van der Waals surface area contributed by atoms with Crippen LogP contribution in [0.5, 0.6) is 0 Å². The van der Waals surface area contributed by atoms with Gasteiger partial charge >= 0.3 is 0 Å². The number of likely N-dealkylation sites (tertiary alicyclic amines) is 1. The van der Waals surface area contributed by atoms with E-state index in [4.69, 9.17) is 0 Å². The maximum absolute atomic E-state index is 13.0. The van der Waals surface area contributed by atoms with Crippen molar-refractivity contribution < 1.29 is 9.18 Å². The van der Waals surface area contributed by atoms with Crippen LogP contribution in [0.25, 0.3) is 0 Å². The summed E-state index contributed by atoms with van der Waals surface area (Å²) in [5.74, 6) is 0.423. The lowest BCUT2D eigenvalue weighted by molar-refractivity contribution is -0.135. The van der Waals surface area contributed by atoms with E-state index in [-0.39, 0.29) is 23.8 Å². The van der Waals surface area contributed by atoms with E-state index in [9.17, 15) is 9.18 Å². The normalized spacial score (nSPS) is 32.3. The second kappa shape index (κ2) is 7.30. The quantitative estimate of drug-likeness (QED) is 0.786. The largest absolute Gasteiger partial charge is 0.381 e. The summed E-state index contributed by atoms with van der Waals surface area (Å²) in [4.78, 5) is 15.0. The standard InChI is InChI=1S/C19H27FN4O/c20-13-7-9-14(10-8-13)21-15-4-3-11-24(12-15)19(25)18-16-5-1-2-6-17(16)22-23-18/h7-10,15-18,21-23H,1-6,11-12H2. The third-order valence-corrected chi connectivity index (χ3v) is 5.89. The Morgan fingerprint density at radius 2 is 1.88 bits per heavy atom. The van der Waals surface area contributed by atoms with Crippen LogP contribution in [0.1, 0.15) is 38.5 Å². The number of anilines is 1. The lowest BCUT2D eigenvalue weighted by Crippen LogP contribution is -2.53. The number of halogens is 1. The summed E-state index contributed by atoms with van der Waals surface area (Å²) in [7, 11) is 0. The van der Waals surface area contributed by atoms with E-state index in [1.807, 2.05) is 4.90 Å². The number of nitrogens with zero attached hydrogens (tertiary/aromatic N) is 1. The second-order valence-electron chi connectivity index (χ2n) is 7.60. The number of hydrazine groups is 1. The highest BCUT2D eigenvalue weighted by Gasteiger charge is 2.43. The number of piperidine rings is 1. The van der Waals surface area contributed by atoms with E-state index >= 15 is 0 Å². The molecule has 0 radical (unpaired) electrons. The molecule has 1 aromatic carbocycles. The predicted molar refractivity (Wildman–Crippen MR) is 95.4 cm³/mol. The molecule has 0 aromatic heterocycles. The smallest absolute Gasteiger partial charge is 0.241 e. The van der Waals surface area contributed by atoms with E-state index in [2.05, 4.69) is 16.2 Å². The minimum atomic E-state index is -0.229. The van der Waals surface area contributed by atoms with Crippen molar-refractivity contribution >= 4 is 11.6 Å². The maximum Gasteiger partial charge on any atom is 0.241 e. The summed E-state index contributed by atoms with van der Waals surface area (Å²) in [6.45, 7) is 1.54. The molecule has 2 heterocycles. The Hall–Kier alpha value is -1.66. The fraction of sp³-hybridized carbons (Fsp3) is 0.632. The fourth-order valence-electron chi connectivity index (χ4n) is 4.56. The average molecular weight is 346 g/mol. The molecule has 1 aromatic rings. The van der Waals surface area contributed by atoms with Crippen LogP contribution in [0.3, 0.4) is 0 Å². The molecule has 3 fully saturated rings. The molecule has 6 heteroatoms. The molecule has 4 rings (SSSR count). The van der Waals surface area contributed by atoms with Crippen molar-refractivity contribution in [1.82, 2.24) is 15.8 Å². The number of carbonyl (C=O) groups excluding carboxylic acids is 1. The van der Waals surface area contributed by atoms with Gasteiger partial charge in [0.1, 0.15) is 11.9 Å². The lowest BCUT2D eigenvalue weighted by Gasteiger charge is -2.36.